The molecule has 0 radical (unpaired) electrons. The Morgan fingerprint density at radius 1 is 1.39 bits per heavy atom. The van der Waals surface area contributed by atoms with Crippen LogP contribution in [0.2, 0.25) is 0 Å². The van der Waals surface area contributed by atoms with Crippen LogP contribution in [0.1, 0.15) is 25.3 Å². The maximum absolute atomic E-state index is 9.62. The highest BCUT2D eigenvalue weighted by atomic mass is 16.5. The van der Waals surface area contributed by atoms with E-state index in [0.29, 0.717) is 11.7 Å². The molecule has 0 fully saturated rings. The predicted octanol–water partition coefficient (Wildman–Crippen LogP) is 1.90. The zero-order valence-electron chi connectivity index (χ0n) is 11.1. The summed E-state index contributed by atoms with van der Waals surface area (Å²) in [5, 5.41) is 21.8. The lowest BCUT2D eigenvalue weighted by atomic mass is 10.1. The highest BCUT2D eigenvalue weighted by Crippen LogP contribution is 2.25. The van der Waals surface area contributed by atoms with Gasteiger partial charge in [-0.05, 0) is 43.0 Å². The van der Waals surface area contributed by atoms with Gasteiger partial charge in [0.15, 0.2) is 11.5 Å². The Bertz CT molecular complexity index is 355. The number of benzene rings is 1. The van der Waals surface area contributed by atoms with Crippen molar-refractivity contribution in [1.82, 2.24) is 5.32 Å². The first-order chi connectivity index (χ1) is 8.67. The molecule has 0 saturated heterocycles. The average Bonchev–Trinajstić information content (AvgIpc) is 2.38. The molecule has 1 aromatic rings. The van der Waals surface area contributed by atoms with Gasteiger partial charge in [0.05, 0.1) is 7.11 Å². The van der Waals surface area contributed by atoms with E-state index in [0.717, 1.165) is 31.5 Å². The van der Waals surface area contributed by atoms with Gasteiger partial charge in [-0.15, -0.1) is 0 Å². The molecule has 0 saturated carbocycles. The van der Waals surface area contributed by atoms with E-state index in [2.05, 4.69) is 5.32 Å². The molecule has 1 rings (SSSR count). The van der Waals surface area contributed by atoms with Crippen LogP contribution >= 0.6 is 0 Å². The van der Waals surface area contributed by atoms with Crippen LogP contribution in [0.5, 0.6) is 11.5 Å². The summed E-state index contributed by atoms with van der Waals surface area (Å²) in [6.07, 6.45) is 2.07. The van der Waals surface area contributed by atoms with E-state index in [1.54, 1.807) is 12.1 Å². The van der Waals surface area contributed by atoms with E-state index in [1.807, 2.05) is 13.0 Å². The number of aliphatic hydroxyl groups is 1. The number of nitrogens with one attached hydrogen (secondary N) is 1. The quantitative estimate of drug-likeness (QED) is 0.619. The molecular weight excluding hydrogens is 230 g/mol. The van der Waals surface area contributed by atoms with Crippen molar-refractivity contribution in [1.29, 1.82) is 0 Å². The molecule has 18 heavy (non-hydrogen) atoms. The largest absolute Gasteiger partial charge is 0.504 e. The molecule has 0 bridgehead atoms. The van der Waals surface area contributed by atoms with Crippen LogP contribution in [0.15, 0.2) is 18.2 Å². The van der Waals surface area contributed by atoms with Gasteiger partial charge in [0.2, 0.25) is 0 Å². The van der Waals surface area contributed by atoms with Crippen molar-refractivity contribution in [3.8, 4) is 11.5 Å². The number of phenolic OH excluding ortho intramolecular Hbond substituents is 1. The van der Waals surface area contributed by atoms with Gasteiger partial charge in [0.1, 0.15) is 0 Å². The minimum absolute atomic E-state index is 0.172. The summed E-state index contributed by atoms with van der Waals surface area (Å²) in [5.41, 5.74) is 1.03. The summed E-state index contributed by atoms with van der Waals surface area (Å²) in [6.45, 7) is 3.94. The molecule has 0 aliphatic heterocycles. The van der Waals surface area contributed by atoms with E-state index >= 15 is 0 Å². The van der Waals surface area contributed by atoms with Crippen LogP contribution in [0.25, 0.3) is 0 Å². The Kier molecular flexibility index (Phi) is 6.54. The lowest BCUT2D eigenvalue weighted by Gasteiger charge is -2.09. The fourth-order valence-electron chi connectivity index (χ4n) is 1.75. The number of hydrogen-bond acceptors (Lipinski definition) is 4. The van der Waals surface area contributed by atoms with Crippen molar-refractivity contribution < 1.29 is 14.9 Å². The molecular formula is C14H23NO3. The standard InChI is InChI=1S/C14H23NO3/c1-11(10-16)4-3-7-15-9-12-5-6-14(18-2)13(17)8-12/h5-6,8,11,15-17H,3-4,7,9-10H2,1-2H3. The highest BCUT2D eigenvalue weighted by molar-refractivity contribution is 5.41. The molecule has 0 aliphatic carbocycles. The molecule has 4 heteroatoms. The topological polar surface area (TPSA) is 61.7 Å². The van der Waals surface area contributed by atoms with Crippen LogP contribution in [0.4, 0.5) is 0 Å². The van der Waals surface area contributed by atoms with Crippen molar-refractivity contribution in [2.75, 3.05) is 20.3 Å². The fourth-order valence-corrected chi connectivity index (χ4v) is 1.75. The van der Waals surface area contributed by atoms with E-state index in [1.165, 1.54) is 7.11 Å². The van der Waals surface area contributed by atoms with Gasteiger partial charge in [-0.2, -0.15) is 0 Å². The second-order valence-electron chi connectivity index (χ2n) is 4.61. The summed E-state index contributed by atoms with van der Waals surface area (Å²) in [4.78, 5) is 0. The van der Waals surface area contributed by atoms with Crippen molar-refractivity contribution in [3.05, 3.63) is 23.8 Å². The minimum atomic E-state index is 0.172. The van der Waals surface area contributed by atoms with Crippen molar-refractivity contribution in [2.24, 2.45) is 5.92 Å². The second-order valence-corrected chi connectivity index (χ2v) is 4.61. The Morgan fingerprint density at radius 3 is 2.78 bits per heavy atom. The third-order valence-electron chi connectivity index (χ3n) is 2.93. The van der Waals surface area contributed by atoms with Crippen molar-refractivity contribution >= 4 is 0 Å². The van der Waals surface area contributed by atoms with Crippen molar-refractivity contribution in [2.45, 2.75) is 26.3 Å². The number of aromatic hydroxyl groups is 1. The van der Waals surface area contributed by atoms with Gasteiger partial charge in [0, 0.05) is 13.2 Å². The first kappa shape index (κ1) is 14.8. The second kappa shape index (κ2) is 7.95. The number of rotatable bonds is 8. The number of hydrogen-bond donors (Lipinski definition) is 3. The minimum Gasteiger partial charge on any atom is -0.504 e. The molecule has 102 valence electrons. The van der Waals surface area contributed by atoms with E-state index in [4.69, 9.17) is 9.84 Å². The zero-order chi connectivity index (χ0) is 13.4. The van der Waals surface area contributed by atoms with Gasteiger partial charge < -0.3 is 20.3 Å². The Labute approximate surface area is 109 Å². The van der Waals surface area contributed by atoms with Gasteiger partial charge >= 0.3 is 0 Å². The molecule has 1 unspecified atom stereocenters. The fraction of sp³-hybridized carbons (Fsp3) is 0.571. The lowest BCUT2D eigenvalue weighted by molar-refractivity contribution is 0.228. The Balaban J connectivity index is 2.25. The molecule has 0 amide bonds. The van der Waals surface area contributed by atoms with Gasteiger partial charge in [-0.25, -0.2) is 0 Å². The number of phenols is 1. The van der Waals surface area contributed by atoms with Crippen LogP contribution in [-0.4, -0.2) is 30.5 Å². The van der Waals surface area contributed by atoms with Crippen LogP contribution < -0.4 is 10.1 Å². The van der Waals surface area contributed by atoms with Crippen molar-refractivity contribution in [3.63, 3.8) is 0 Å². The van der Waals surface area contributed by atoms with Crippen LogP contribution in [0, 0.1) is 5.92 Å². The summed E-state index contributed by atoms with van der Waals surface area (Å²) >= 11 is 0. The maximum Gasteiger partial charge on any atom is 0.160 e. The van der Waals surface area contributed by atoms with Crippen LogP contribution in [-0.2, 0) is 6.54 Å². The SMILES string of the molecule is COc1ccc(CNCCCC(C)CO)cc1O. The zero-order valence-corrected chi connectivity index (χ0v) is 11.1. The summed E-state index contributed by atoms with van der Waals surface area (Å²) in [6, 6.07) is 5.41. The first-order valence-electron chi connectivity index (χ1n) is 6.34. The van der Waals surface area contributed by atoms with E-state index in [9.17, 15) is 5.11 Å². The molecule has 0 aliphatic rings. The number of aliphatic hydroxyl groups excluding tert-OH is 1. The number of ether oxygens (including phenoxy) is 1. The smallest absolute Gasteiger partial charge is 0.160 e. The predicted molar refractivity (Wildman–Crippen MR) is 71.8 cm³/mol. The molecule has 0 heterocycles. The molecule has 1 atom stereocenters. The van der Waals surface area contributed by atoms with Crippen LogP contribution in [0.3, 0.4) is 0 Å². The number of methoxy groups -OCH3 is 1. The Morgan fingerprint density at radius 2 is 2.17 bits per heavy atom. The normalized spacial score (nSPS) is 12.4. The molecule has 3 N–H and O–H groups in total. The van der Waals surface area contributed by atoms with E-state index < -0.39 is 0 Å². The van der Waals surface area contributed by atoms with E-state index in [-0.39, 0.29) is 12.4 Å². The average molecular weight is 253 g/mol. The summed E-state index contributed by atoms with van der Waals surface area (Å²) in [5.74, 6) is 1.04. The molecule has 0 aromatic heterocycles. The third-order valence-corrected chi connectivity index (χ3v) is 2.93. The third kappa shape index (κ3) is 4.94. The first-order valence-corrected chi connectivity index (χ1v) is 6.34. The lowest BCUT2D eigenvalue weighted by Crippen LogP contribution is -2.16. The Hall–Kier alpha value is -1.26. The maximum atomic E-state index is 9.62. The summed E-state index contributed by atoms with van der Waals surface area (Å²) in [7, 11) is 1.54. The van der Waals surface area contributed by atoms with Gasteiger partial charge in [0.25, 0.3) is 0 Å². The van der Waals surface area contributed by atoms with Gasteiger partial charge in [-0.3, -0.25) is 0 Å². The summed E-state index contributed by atoms with van der Waals surface area (Å²) < 4.78 is 4.99. The monoisotopic (exact) mass is 253 g/mol. The molecule has 0 spiro atoms. The highest BCUT2D eigenvalue weighted by Gasteiger charge is 2.02. The van der Waals surface area contributed by atoms with Gasteiger partial charge in [-0.1, -0.05) is 13.0 Å². The molecule has 4 nitrogen and oxygen atoms in total. The molecule has 1 aromatic carbocycles.